The summed E-state index contributed by atoms with van der Waals surface area (Å²) in [7, 11) is 0. The van der Waals surface area contributed by atoms with Crippen molar-refractivity contribution in [2.24, 2.45) is 11.7 Å². The Labute approximate surface area is 113 Å². The predicted molar refractivity (Wildman–Crippen MR) is 71.6 cm³/mol. The molecule has 6 nitrogen and oxygen atoms in total. The van der Waals surface area contributed by atoms with E-state index in [1.165, 1.54) is 0 Å². The van der Waals surface area contributed by atoms with Gasteiger partial charge in [0, 0.05) is 17.9 Å². The van der Waals surface area contributed by atoms with Gasteiger partial charge in [0.05, 0.1) is 0 Å². The summed E-state index contributed by atoms with van der Waals surface area (Å²) >= 11 is 0. The average Bonchev–Trinajstić information content (AvgIpc) is 3.10. The van der Waals surface area contributed by atoms with E-state index in [-0.39, 0.29) is 23.9 Å². The highest BCUT2D eigenvalue weighted by Crippen LogP contribution is 2.39. The molecule has 0 saturated heterocycles. The summed E-state index contributed by atoms with van der Waals surface area (Å²) in [6.45, 7) is 3.87. The van der Waals surface area contributed by atoms with E-state index in [4.69, 9.17) is 10.2 Å². The maximum Gasteiger partial charge on any atom is 0.322 e. The molecular formula is C13H22N4O2. The summed E-state index contributed by atoms with van der Waals surface area (Å²) in [6.07, 6.45) is 4.90. The number of anilines is 1. The number of carbonyl (C=O) groups is 1. The normalized spacial score (nSPS) is 18.1. The lowest BCUT2D eigenvalue weighted by Crippen LogP contribution is -2.21. The summed E-state index contributed by atoms with van der Waals surface area (Å²) in [6, 6.07) is 0.401. The first-order valence-corrected chi connectivity index (χ1v) is 6.96. The van der Waals surface area contributed by atoms with Crippen LogP contribution in [0.4, 0.5) is 6.01 Å². The van der Waals surface area contributed by atoms with Gasteiger partial charge in [-0.1, -0.05) is 18.4 Å². The van der Waals surface area contributed by atoms with Crippen LogP contribution in [-0.2, 0) is 4.79 Å². The summed E-state index contributed by atoms with van der Waals surface area (Å²) < 4.78 is 5.40. The first kappa shape index (κ1) is 14.0. The van der Waals surface area contributed by atoms with Gasteiger partial charge in [-0.05, 0) is 32.6 Å². The molecule has 0 aromatic carbocycles. The van der Waals surface area contributed by atoms with E-state index in [0.29, 0.717) is 11.8 Å². The number of hydrogen-bond donors (Lipinski definition) is 2. The second-order valence-electron chi connectivity index (χ2n) is 5.52. The fraction of sp³-hybridized carbons (Fsp3) is 0.769. The van der Waals surface area contributed by atoms with Gasteiger partial charge in [0.1, 0.15) is 0 Å². The smallest absolute Gasteiger partial charge is 0.322 e. The molecule has 3 N–H and O–H groups in total. The second-order valence-corrected chi connectivity index (χ2v) is 5.52. The third-order valence-corrected chi connectivity index (χ3v) is 3.34. The molecular weight excluding hydrogens is 244 g/mol. The monoisotopic (exact) mass is 266 g/mol. The van der Waals surface area contributed by atoms with E-state index < -0.39 is 0 Å². The Balaban J connectivity index is 1.75. The van der Waals surface area contributed by atoms with Crippen molar-refractivity contribution >= 4 is 11.9 Å². The van der Waals surface area contributed by atoms with Crippen LogP contribution >= 0.6 is 0 Å². The molecule has 1 amide bonds. The molecule has 106 valence electrons. The Hall–Kier alpha value is -1.43. The first-order chi connectivity index (χ1) is 9.06. The minimum absolute atomic E-state index is 0.0735. The fourth-order valence-corrected chi connectivity index (χ4v) is 1.89. The summed E-state index contributed by atoms with van der Waals surface area (Å²) in [5.41, 5.74) is 5.68. The van der Waals surface area contributed by atoms with E-state index in [1.807, 2.05) is 13.8 Å². The molecule has 0 spiro atoms. The number of amides is 1. The molecule has 1 saturated carbocycles. The van der Waals surface area contributed by atoms with E-state index in [9.17, 15) is 4.79 Å². The molecule has 0 bridgehead atoms. The van der Waals surface area contributed by atoms with Gasteiger partial charge in [-0.15, -0.1) is 5.10 Å². The molecule has 2 atom stereocenters. The Kier molecular flexibility index (Phi) is 4.52. The van der Waals surface area contributed by atoms with Crippen molar-refractivity contribution in [3.05, 3.63) is 5.89 Å². The van der Waals surface area contributed by atoms with Crippen LogP contribution in [0.25, 0.3) is 0 Å². The molecule has 1 aliphatic carbocycles. The summed E-state index contributed by atoms with van der Waals surface area (Å²) in [4.78, 5) is 11.9. The Morgan fingerprint density at radius 1 is 1.42 bits per heavy atom. The van der Waals surface area contributed by atoms with Crippen LogP contribution in [0, 0.1) is 5.92 Å². The summed E-state index contributed by atoms with van der Waals surface area (Å²) in [5.74, 6) is 0.896. The molecule has 1 fully saturated rings. The molecule has 1 heterocycles. The van der Waals surface area contributed by atoms with Gasteiger partial charge >= 0.3 is 6.01 Å². The standard InChI is InChI=1S/C13H22N4O2/c1-8(4-3-5-9(2)14)11(18)15-13-17-16-12(19-13)10-6-7-10/h8-10H,3-7,14H2,1-2H3,(H,15,17,18). The lowest BCUT2D eigenvalue weighted by molar-refractivity contribution is -0.119. The van der Waals surface area contributed by atoms with Gasteiger partial charge in [0.25, 0.3) is 0 Å². The second kappa shape index (κ2) is 6.14. The molecule has 2 rings (SSSR count). The van der Waals surface area contributed by atoms with E-state index >= 15 is 0 Å². The van der Waals surface area contributed by atoms with Gasteiger partial charge in [-0.25, -0.2) is 0 Å². The van der Waals surface area contributed by atoms with Crippen LogP contribution in [0.3, 0.4) is 0 Å². The van der Waals surface area contributed by atoms with Crippen LogP contribution in [0.1, 0.15) is 57.8 Å². The number of nitrogens with zero attached hydrogens (tertiary/aromatic N) is 2. The zero-order chi connectivity index (χ0) is 13.8. The molecule has 0 aliphatic heterocycles. The third-order valence-electron chi connectivity index (χ3n) is 3.34. The minimum atomic E-state index is -0.0741. The maximum atomic E-state index is 11.9. The van der Waals surface area contributed by atoms with Crippen LogP contribution < -0.4 is 11.1 Å². The number of carbonyl (C=O) groups excluding carboxylic acids is 1. The van der Waals surface area contributed by atoms with Crippen molar-refractivity contribution in [3.8, 4) is 0 Å². The molecule has 1 aliphatic rings. The number of nitrogens with two attached hydrogens (primary N) is 1. The van der Waals surface area contributed by atoms with Gasteiger partial charge in [0.15, 0.2) is 0 Å². The van der Waals surface area contributed by atoms with Gasteiger partial charge in [-0.3, -0.25) is 10.1 Å². The maximum absolute atomic E-state index is 11.9. The number of rotatable bonds is 7. The fourth-order valence-electron chi connectivity index (χ4n) is 1.89. The molecule has 19 heavy (non-hydrogen) atoms. The van der Waals surface area contributed by atoms with Crippen molar-refractivity contribution in [2.75, 3.05) is 5.32 Å². The van der Waals surface area contributed by atoms with Crippen LogP contribution in [-0.4, -0.2) is 22.1 Å². The number of nitrogens with one attached hydrogen (secondary N) is 1. The summed E-state index contributed by atoms with van der Waals surface area (Å²) in [5, 5.41) is 10.4. The molecule has 1 aromatic heterocycles. The van der Waals surface area contributed by atoms with Crippen LogP contribution in [0.2, 0.25) is 0 Å². The Morgan fingerprint density at radius 3 is 2.79 bits per heavy atom. The highest BCUT2D eigenvalue weighted by Gasteiger charge is 2.29. The van der Waals surface area contributed by atoms with Crippen LogP contribution in [0.5, 0.6) is 0 Å². The van der Waals surface area contributed by atoms with Gasteiger partial charge in [-0.2, -0.15) is 0 Å². The van der Waals surface area contributed by atoms with E-state index in [1.54, 1.807) is 0 Å². The van der Waals surface area contributed by atoms with E-state index in [0.717, 1.165) is 32.1 Å². The van der Waals surface area contributed by atoms with Crippen molar-refractivity contribution in [2.45, 2.75) is 57.9 Å². The van der Waals surface area contributed by atoms with Crippen molar-refractivity contribution in [1.82, 2.24) is 10.2 Å². The van der Waals surface area contributed by atoms with Gasteiger partial charge in [0.2, 0.25) is 11.8 Å². The number of hydrogen-bond acceptors (Lipinski definition) is 5. The average molecular weight is 266 g/mol. The van der Waals surface area contributed by atoms with Crippen molar-refractivity contribution < 1.29 is 9.21 Å². The lowest BCUT2D eigenvalue weighted by atomic mass is 10.0. The van der Waals surface area contributed by atoms with Crippen molar-refractivity contribution in [1.29, 1.82) is 0 Å². The van der Waals surface area contributed by atoms with Crippen LogP contribution in [0.15, 0.2) is 4.42 Å². The first-order valence-electron chi connectivity index (χ1n) is 6.96. The predicted octanol–water partition coefficient (Wildman–Crippen LogP) is 2.04. The van der Waals surface area contributed by atoms with E-state index in [2.05, 4.69) is 15.5 Å². The zero-order valence-corrected chi connectivity index (χ0v) is 11.6. The molecule has 1 aromatic rings. The molecule has 0 radical (unpaired) electrons. The quantitative estimate of drug-likeness (QED) is 0.787. The highest BCUT2D eigenvalue weighted by molar-refractivity contribution is 5.90. The van der Waals surface area contributed by atoms with Gasteiger partial charge < -0.3 is 10.2 Å². The lowest BCUT2D eigenvalue weighted by Gasteiger charge is -2.10. The Morgan fingerprint density at radius 2 is 2.16 bits per heavy atom. The SMILES string of the molecule is CC(N)CCCC(C)C(=O)Nc1nnc(C2CC2)o1. The largest absolute Gasteiger partial charge is 0.408 e. The Bertz CT molecular complexity index is 426. The number of aromatic nitrogens is 2. The molecule has 2 unspecified atom stereocenters. The highest BCUT2D eigenvalue weighted by atomic mass is 16.4. The minimum Gasteiger partial charge on any atom is -0.408 e. The third kappa shape index (κ3) is 4.31. The zero-order valence-electron chi connectivity index (χ0n) is 11.6. The van der Waals surface area contributed by atoms with Crippen molar-refractivity contribution in [3.63, 3.8) is 0 Å². The molecule has 6 heteroatoms. The topological polar surface area (TPSA) is 94.0 Å².